The number of hydrogen-bond donors (Lipinski definition) is 2. The minimum Gasteiger partial charge on any atom is -0.506 e. The van der Waals surface area contributed by atoms with Crippen molar-refractivity contribution in [2.24, 2.45) is 5.10 Å². The molecule has 9 heteroatoms. The van der Waals surface area contributed by atoms with Crippen molar-refractivity contribution in [3.05, 3.63) is 54.2 Å². The molecule has 108 valence electrons. The van der Waals surface area contributed by atoms with Crippen molar-refractivity contribution in [2.45, 2.75) is 0 Å². The van der Waals surface area contributed by atoms with Crippen LogP contribution in [0.15, 0.2) is 40.0 Å². The molecule has 0 amide bonds. The standard InChI is InChI=1S/C12H8BrIN4O3/c13-8-4-7(11(19)9(14)5-8)6-16-17-12-10(18(20)21)2-1-3-15-12/h1-6,19H,(H,15,17). The van der Waals surface area contributed by atoms with E-state index >= 15 is 0 Å². The molecule has 7 nitrogen and oxygen atoms in total. The van der Waals surface area contributed by atoms with Gasteiger partial charge in [-0.25, -0.2) is 4.98 Å². The van der Waals surface area contributed by atoms with E-state index in [0.717, 1.165) is 4.47 Å². The van der Waals surface area contributed by atoms with Crippen molar-refractivity contribution in [3.63, 3.8) is 0 Å². The molecule has 0 saturated heterocycles. The number of phenols is 1. The van der Waals surface area contributed by atoms with E-state index in [0.29, 0.717) is 9.13 Å². The normalized spacial score (nSPS) is 10.8. The lowest BCUT2D eigenvalue weighted by Crippen LogP contribution is -1.99. The van der Waals surface area contributed by atoms with Crippen molar-refractivity contribution in [1.82, 2.24) is 4.98 Å². The Bertz CT molecular complexity index is 724. The van der Waals surface area contributed by atoms with Gasteiger partial charge >= 0.3 is 5.69 Å². The highest BCUT2D eigenvalue weighted by atomic mass is 127. The predicted octanol–water partition coefficient (Wildman–Crippen LogP) is 3.51. The van der Waals surface area contributed by atoms with Gasteiger partial charge in [0.2, 0.25) is 5.82 Å². The number of aromatic hydroxyl groups is 1. The van der Waals surface area contributed by atoms with Gasteiger partial charge in [-0.1, -0.05) is 15.9 Å². The number of nitrogens with one attached hydrogen (secondary N) is 1. The van der Waals surface area contributed by atoms with Crippen LogP contribution in [0.2, 0.25) is 0 Å². The Hall–Kier alpha value is -1.75. The smallest absolute Gasteiger partial charge is 0.313 e. The van der Waals surface area contributed by atoms with E-state index in [2.05, 4.69) is 31.4 Å². The summed E-state index contributed by atoms with van der Waals surface area (Å²) >= 11 is 5.30. The molecule has 0 bridgehead atoms. The predicted molar refractivity (Wildman–Crippen MR) is 90.6 cm³/mol. The average molecular weight is 463 g/mol. The van der Waals surface area contributed by atoms with Gasteiger partial charge in [-0.15, -0.1) is 0 Å². The molecular formula is C12H8BrIN4O3. The fraction of sp³-hybridized carbons (Fsp3) is 0. The number of pyridine rings is 1. The summed E-state index contributed by atoms with van der Waals surface area (Å²) in [6.07, 6.45) is 2.78. The summed E-state index contributed by atoms with van der Waals surface area (Å²) in [5.74, 6) is 0.114. The third kappa shape index (κ3) is 3.88. The zero-order valence-electron chi connectivity index (χ0n) is 10.3. The highest BCUT2D eigenvalue weighted by molar-refractivity contribution is 14.1. The van der Waals surface area contributed by atoms with Crippen molar-refractivity contribution >= 4 is 56.2 Å². The number of rotatable bonds is 4. The first-order valence-corrected chi connectivity index (χ1v) is 7.42. The minimum atomic E-state index is -0.551. The number of phenolic OH excluding ortho intramolecular Hbond substituents is 1. The Morgan fingerprint density at radius 1 is 1.52 bits per heavy atom. The second-order valence-corrected chi connectivity index (χ2v) is 5.90. The van der Waals surface area contributed by atoms with Gasteiger partial charge in [0, 0.05) is 22.3 Å². The fourth-order valence-corrected chi connectivity index (χ4v) is 3.03. The van der Waals surface area contributed by atoms with Gasteiger partial charge in [0.1, 0.15) is 5.75 Å². The van der Waals surface area contributed by atoms with Crippen LogP contribution in [0, 0.1) is 13.7 Å². The maximum atomic E-state index is 10.8. The number of hydrazone groups is 1. The molecule has 1 aromatic carbocycles. The molecule has 2 aromatic rings. The SMILES string of the molecule is O=[N+]([O-])c1cccnc1NN=Cc1cc(Br)cc(I)c1O. The van der Waals surface area contributed by atoms with Crippen LogP contribution < -0.4 is 5.43 Å². The molecule has 0 saturated carbocycles. The van der Waals surface area contributed by atoms with Crippen LogP contribution in [-0.4, -0.2) is 21.2 Å². The first-order valence-electron chi connectivity index (χ1n) is 5.55. The Morgan fingerprint density at radius 3 is 3.00 bits per heavy atom. The summed E-state index contributed by atoms with van der Waals surface area (Å²) in [6, 6.07) is 6.22. The lowest BCUT2D eigenvalue weighted by Gasteiger charge is -2.03. The summed E-state index contributed by atoms with van der Waals surface area (Å²) in [6.45, 7) is 0. The van der Waals surface area contributed by atoms with Crippen LogP contribution in [0.1, 0.15) is 5.56 Å². The molecule has 0 fully saturated rings. The first kappa shape index (κ1) is 15.6. The average Bonchev–Trinajstić information content (AvgIpc) is 2.44. The summed E-state index contributed by atoms with van der Waals surface area (Å²) in [7, 11) is 0. The Labute approximate surface area is 141 Å². The van der Waals surface area contributed by atoms with Crippen molar-refractivity contribution in [1.29, 1.82) is 0 Å². The Balaban J connectivity index is 2.23. The van der Waals surface area contributed by atoms with Crippen LogP contribution >= 0.6 is 38.5 Å². The summed E-state index contributed by atoms with van der Waals surface area (Å²) in [4.78, 5) is 14.1. The lowest BCUT2D eigenvalue weighted by molar-refractivity contribution is -0.384. The second kappa shape index (κ2) is 6.80. The second-order valence-electron chi connectivity index (χ2n) is 3.82. The van der Waals surface area contributed by atoms with Gasteiger partial charge in [0.25, 0.3) is 0 Å². The highest BCUT2D eigenvalue weighted by Gasteiger charge is 2.13. The van der Waals surface area contributed by atoms with Gasteiger partial charge < -0.3 is 5.11 Å². The zero-order valence-corrected chi connectivity index (χ0v) is 14.1. The quantitative estimate of drug-likeness (QED) is 0.313. The van der Waals surface area contributed by atoms with E-state index in [-0.39, 0.29) is 17.3 Å². The van der Waals surface area contributed by atoms with Crippen molar-refractivity contribution in [2.75, 3.05) is 5.43 Å². The maximum absolute atomic E-state index is 10.8. The lowest BCUT2D eigenvalue weighted by atomic mass is 10.2. The number of halogens is 2. The van der Waals surface area contributed by atoms with Gasteiger partial charge in [-0.05, 0) is 40.8 Å². The number of benzene rings is 1. The van der Waals surface area contributed by atoms with E-state index in [9.17, 15) is 15.2 Å². The molecule has 0 aliphatic heterocycles. The Morgan fingerprint density at radius 2 is 2.29 bits per heavy atom. The van der Waals surface area contributed by atoms with Crippen LogP contribution in [-0.2, 0) is 0 Å². The van der Waals surface area contributed by atoms with Crippen LogP contribution in [0.25, 0.3) is 0 Å². The van der Waals surface area contributed by atoms with Gasteiger partial charge in [-0.2, -0.15) is 5.10 Å². The summed E-state index contributed by atoms with van der Waals surface area (Å²) < 4.78 is 1.45. The molecule has 0 radical (unpaired) electrons. The fourth-order valence-electron chi connectivity index (χ4n) is 1.48. The third-order valence-corrected chi connectivity index (χ3v) is 3.70. The largest absolute Gasteiger partial charge is 0.506 e. The van der Waals surface area contributed by atoms with Crippen LogP contribution in [0.4, 0.5) is 11.5 Å². The highest BCUT2D eigenvalue weighted by Crippen LogP contribution is 2.27. The van der Waals surface area contributed by atoms with E-state index in [1.54, 1.807) is 12.1 Å². The minimum absolute atomic E-state index is 0.0305. The molecule has 21 heavy (non-hydrogen) atoms. The molecule has 2 N–H and O–H groups in total. The summed E-state index contributed by atoms with van der Waals surface area (Å²) in [5.41, 5.74) is 2.79. The number of aromatic nitrogens is 1. The van der Waals surface area contributed by atoms with Crippen molar-refractivity contribution in [3.8, 4) is 5.75 Å². The van der Waals surface area contributed by atoms with Gasteiger partial charge in [0.15, 0.2) is 0 Å². The van der Waals surface area contributed by atoms with Gasteiger partial charge in [-0.3, -0.25) is 15.5 Å². The number of hydrogen-bond acceptors (Lipinski definition) is 6. The van der Waals surface area contributed by atoms with Crippen LogP contribution in [0.3, 0.4) is 0 Å². The van der Waals surface area contributed by atoms with Gasteiger partial charge in [0.05, 0.1) is 14.7 Å². The monoisotopic (exact) mass is 462 g/mol. The maximum Gasteiger partial charge on any atom is 0.313 e. The molecule has 0 aliphatic rings. The first-order chi connectivity index (χ1) is 9.99. The number of anilines is 1. The number of nitro groups is 1. The molecular weight excluding hydrogens is 455 g/mol. The van der Waals surface area contributed by atoms with E-state index in [1.165, 1.54) is 24.5 Å². The Kier molecular flexibility index (Phi) is 5.07. The third-order valence-electron chi connectivity index (χ3n) is 2.41. The van der Waals surface area contributed by atoms with Crippen LogP contribution in [0.5, 0.6) is 5.75 Å². The molecule has 0 aliphatic carbocycles. The van der Waals surface area contributed by atoms with E-state index < -0.39 is 4.92 Å². The molecule has 1 heterocycles. The number of nitrogens with zero attached hydrogens (tertiary/aromatic N) is 3. The van der Waals surface area contributed by atoms with E-state index in [4.69, 9.17) is 0 Å². The topological polar surface area (TPSA) is 101 Å². The van der Waals surface area contributed by atoms with Crippen molar-refractivity contribution < 1.29 is 10.0 Å². The molecule has 2 rings (SSSR count). The molecule has 1 aromatic heterocycles. The zero-order chi connectivity index (χ0) is 15.4. The van der Waals surface area contributed by atoms with E-state index in [1.807, 2.05) is 22.6 Å². The molecule has 0 atom stereocenters. The summed E-state index contributed by atoms with van der Waals surface area (Å²) in [5, 5.41) is 24.6. The molecule has 0 spiro atoms. The molecule has 0 unspecified atom stereocenters.